The van der Waals surface area contributed by atoms with E-state index < -0.39 is 17.7 Å². The smallest absolute Gasteiger partial charge is 0.311 e. The van der Waals surface area contributed by atoms with Gasteiger partial charge in [-0.05, 0) is 26.0 Å². The van der Waals surface area contributed by atoms with Crippen molar-refractivity contribution in [1.82, 2.24) is 9.97 Å². The lowest BCUT2D eigenvalue weighted by molar-refractivity contribution is -0.142. The van der Waals surface area contributed by atoms with E-state index in [1.54, 1.807) is 32.4 Å². The number of pyridine rings is 1. The Kier molecular flexibility index (Phi) is 8.88. The van der Waals surface area contributed by atoms with Crippen LogP contribution in [-0.2, 0) is 20.7 Å². The number of halogens is 1. The van der Waals surface area contributed by atoms with E-state index >= 15 is 0 Å². The van der Waals surface area contributed by atoms with Crippen LogP contribution in [0.15, 0.2) is 41.8 Å². The van der Waals surface area contributed by atoms with Crippen LogP contribution in [0.25, 0.3) is 0 Å². The third kappa shape index (κ3) is 7.49. The number of carbonyl (C=O) groups excluding carboxylic acids is 2. The molecular weight excluding hydrogens is 465 g/mol. The second-order valence-corrected chi connectivity index (χ2v) is 7.91. The number of anilines is 1. The summed E-state index contributed by atoms with van der Waals surface area (Å²) in [5.41, 5.74) is 0.671. The first-order valence-electron chi connectivity index (χ1n) is 10.4. The number of hydrogen-bond acceptors (Lipinski definition) is 9. The Morgan fingerprint density at radius 1 is 1.18 bits per heavy atom. The molecule has 0 aliphatic heterocycles. The number of nitrogens with one attached hydrogen (secondary N) is 1. The van der Waals surface area contributed by atoms with Crippen molar-refractivity contribution in [3.8, 4) is 17.5 Å². The highest BCUT2D eigenvalue weighted by molar-refractivity contribution is 7.14. The molecule has 0 saturated heterocycles. The molecule has 2 heterocycles. The van der Waals surface area contributed by atoms with Crippen molar-refractivity contribution in [1.29, 1.82) is 0 Å². The zero-order valence-corrected chi connectivity index (χ0v) is 19.7. The minimum atomic E-state index is -0.493. The number of esters is 1. The monoisotopic (exact) mass is 489 g/mol. The van der Waals surface area contributed by atoms with Gasteiger partial charge in [-0.25, -0.2) is 9.37 Å². The molecule has 0 saturated carbocycles. The van der Waals surface area contributed by atoms with E-state index in [1.807, 2.05) is 0 Å². The SMILES string of the molecule is CCOC(=O)Cc1csc(NC(=O)c2cc(Oc3cccc(F)c3)nc(O[C@H](C)COC)c2)n1. The summed E-state index contributed by atoms with van der Waals surface area (Å²) in [6.07, 6.45) is -0.335. The Hall–Kier alpha value is -3.57. The van der Waals surface area contributed by atoms with E-state index in [2.05, 4.69) is 15.3 Å². The van der Waals surface area contributed by atoms with Gasteiger partial charge in [-0.15, -0.1) is 11.3 Å². The largest absolute Gasteiger partial charge is 0.472 e. The maximum atomic E-state index is 13.5. The van der Waals surface area contributed by atoms with E-state index in [9.17, 15) is 14.0 Å². The van der Waals surface area contributed by atoms with Crippen molar-refractivity contribution in [2.24, 2.45) is 0 Å². The molecule has 180 valence electrons. The standard InChI is InChI=1S/C23H24FN3O6S/c1-4-31-21(28)11-17-13-34-23(25-17)27-22(29)15-8-19(32-14(2)12-30-3)26-20(9-15)33-18-7-5-6-16(24)10-18/h5-10,13-14H,4,11-12H2,1-3H3,(H,25,27,29)/t14-/m1/s1. The van der Waals surface area contributed by atoms with Crippen molar-refractivity contribution >= 4 is 28.3 Å². The number of carbonyl (C=O) groups is 2. The van der Waals surface area contributed by atoms with Gasteiger partial charge >= 0.3 is 5.97 Å². The van der Waals surface area contributed by atoms with E-state index in [-0.39, 0.29) is 42.2 Å². The Labute approximate surface area is 199 Å². The molecule has 0 unspecified atom stereocenters. The van der Waals surface area contributed by atoms with Crippen LogP contribution in [0.4, 0.5) is 9.52 Å². The molecule has 11 heteroatoms. The fourth-order valence-corrected chi connectivity index (χ4v) is 3.53. The number of benzene rings is 1. The zero-order valence-electron chi connectivity index (χ0n) is 18.9. The fraction of sp³-hybridized carbons (Fsp3) is 0.304. The first kappa shape index (κ1) is 25.1. The van der Waals surface area contributed by atoms with Crippen molar-refractivity contribution in [2.75, 3.05) is 25.6 Å². The predicted molar refractivity (Wildman–Crippen MR) is 123 cm³/mol. The average Bonchev–Trinajstić information content (AvgIpc) is 3.20. The number of aromatic nitrogens is 2. The molecule has 0 bridgehead atoms. The zero-order chi connectivity index (χ0) is 24.5. The van der Waals surface area contributed by atoms with Gasteiger partial charge in [0.15, 0.2) is 5.13 Å². The number of thiazole rings is 1. The number of ether oxygens (including phenoxy) is 4. The van der Waals surface area contributed by atoms with Crippen LogP contribution in [0.2, 0.25) is 0 Å². The summed E-state index contributed by atoms with van der Waals surface area (Å²) in [6, 6.07) is 8.40. The van der Waals surface area contributed by atoms with E-state index in [4.69, 9.17) is 18.9 Å². The van der Waals surface area contributed by atoms with Crippen molar-refractivity contribution in [2.45, 2.75) is 26.4 Å². The van der Waals surface area contributed by atoms with Crippen LogP contribution in [0, 0.1) is 5.82 Å². The lowest BCUT2D eigenvalue weighted by Crippen LogP contribution is -2.19. The maximum Gasteiger partial charge on any atom is 0.311 e. The molecule has 3 aromatic rings. The third-order valence-electron chi connectivity index (χ3n) is 4.19. The summed E-state index contributed by atoms with van der Waals surface area (Å²) in [5, 5.41) is 4.66. The van der Waals surface area contributed by atoms with Crippen molar-refractivity contribution < 1.29 is 32.9 Å². The molecule has 1 amide bonds. The van der Waals surface area contributed by atoms with E-state index in [0.717, 1.165) is 0 Å². The third-order valence-corrected chi connectivity index (χ3v) is 4.99. The number of hydrogen-bond donors (Lipinski definition) is 1. The van der Waals surface area contributed by atoms with Gasteiger partial charge in [-0.1, -0.05) is 6.07 Å². The predicted octanol–water partition coefficient (Wildman–Crippen LogP) is 4.24. The Morgan fingerprint density at radius 2 is 1.97 bits per heavy atom. The number of amides is 1. The van der Waals surface area contributed by atoms with E-state index in [1.165, 1.54) is 41.7 Å². The van der Waals surface area contributed by atoms with Gasteiger partial charge in [0, 0.05) is 30.7 Å². The lowest BCUT2D eigenvalue weighted by atomic mass is 10.2. The minimum absolute atomic E-state index is 0.0104. The minimum Gasteiger partial charge on any atom is -0.472 e. The van der Waals surface area contributed by atoms with Gasteiger partial charge in [0.2, 0.25) is 11.8 Å². The Bertz CT molecular complexity index is 1140. The normalized spacial score (nSPS) is 11.5. The molecule has 1 N–H and O–H groups in total. The van der Waals surface area contributed by atoms with Gasteiger partial charge < -0.3 is 18.9 Å². The van der Waals surface area contributed by atoms with Crippen LogP contribution in [0.3, 0.4) is 0 Å². The van der Waals surface area contributed by atoms with Crippen LogP contribution < -0.4 is 14.8 Å². The fourth-order valence-electron chi connectivity index (χ4n) is 2.83. The summed E-state index contributed by atoms with van der Waals surface area (Å²) in [7, 11) is 1.54. The van der Waals surface area contributed by atoms with Gasteiger partial charge in [-0.3, -0.25) is 14.9 Å². The first-order valence-corrected chi connectivity index (χ1v) is 11.3. The molecular formula is C23H24FN3O6S. The molecule has 0 radical (unpaired) electrons. The molecule has 2 aromatic heterocycles. The Balaban J connectivity index is 1.80. The molecule has 1 atom stereocenters. The molecule has 0 spiro atoms. The summed E-state index contributed by atoms with van der Waals surface area (Å²) < 4.78 is 34.9. The molecule has 9 nitrogen and oxygen atoms in total. The highest BCUT2D eigenvalue weighted by Gasteiger charge is 2.16. The highest BCUT2D eigenvalue weighted by Crippen LogP contribution is 2.26. The summed E-state index contributed by atoms with van der Waals surface area (Å²) in [5.74, 6) is -0.979. The Morgan fingerprint density at radius 3 is 2.71 bits per heavy atom. The highest BCUT2D eigenvalue weighted by atomic mass is 32.1. The van der Waals surface area contributed by atoms with E-state index in [0.29, 0.717) is 17.4 Å². The van der Waals surface area contributed by atoms with Crippen molar-refractivity contribution in [3.05, 3.63) is 58.9 Å². The quantitative estimate of drug-likeness (QED) is 0.399. The second kappa shape index (κ2) is 12.1. The van der Waals surface area contributed by atoms with Gasteiger partial charge in [0.05, 0.1) is 30.9 Å². The van der Waals surface area contributed by atoms with Gasteiger partial charge in [0.1, 0.15) is 17.7 Å². The molecule has 0 fully saturated rings. The first-order chi connectivity index (χ1) is 16.4. The average molecular weight is 490 g/mol. The summed E-state index contributed by atoms with van der Waals surface area (Å²) in [4.78, 5) is 33.0. The van der Waals surface area contributed by atoms with Gasteiger partial charge in [-0.2, -0.15) is 4.98 Å². The number of nitrogens with zero attached hydrogens (tertiary/aromatic N) is 2. The lowest BCUT2D eigenvalue weighted by Gasteiger charge is -2.15. The molecule has 0 aliphatic carbocycles. The van der Waals surface area contributed by atoms with Crippen LogP contribution in [0.5, 0.6) is 17.5 Å². The van der Waals surface area contributed by atoms with Gasteiger partial charge in [0.25, 0.3) is 5.91 Å². The molecule has 34 heavy (non-hydrogen) atoms. The molecule has 0 aliphatic rings. The van der Waals surface area contributed by atoms with Crippen LogP contribution in [0.1, 0.15) is 29.9 Å². The summed E-state index contributed by atoms with van der Waals surface area (Å²) >= 11 is 1.18. The maximum absolute atomic E-state index is 13.5. The summed E-state index contributed by atoms with van der Waals surface area (Å²) in [6.45, 7) is 4.09. The topological polar surface area (TPSA) is 109 Å². The molecule has 3 rings (SSSR count). The molecule has 1 aromatic carbocycles. The van der Waals surface area contributed by atoms with Crippen LogP contribution in [-0.4, -0.2) is 48.3 Å². The van der Waals surface area contributed by atoms with Crippen LogP contribution >= 0.6 is 11.3 Å². The number of methoxy groups -OCH3 is 1. The van der Waals surface area contributed by atoms with Crippen molar-refractivity contribution in [3.63, 3.8) is 0 Å². The second-order valence-electron chi connectivity index (χ2n) is 7.06. The number of rotatable bonds is 11.